The van der Waals surface area contributed by atoms with E-state index in [2.05, 4.69) is 43.6 Å². The Hall–Kier alpha value is -2.26. The van der Waals surface area contributed by atoms with Crippen LogP contribution in [0, 0.1) is 0 Å². The van der Waals surface area contributed by atoms with Gasteiger partial charge in [-0.15, -0.1) is 0 Å². The average Bonchev–Trinajstić information content (AvgIpc) is 2.71. The van der Waals surface area contributed by atoms with Crippen molar-refractivity contribution >= 4 is 46.1 Å². The number of nitrogen functional groups attached to an aromatic ring is 2. The maximum absolute atomic E-state index is 6.21. The molecule has 8 nitrogen and oxygen atoms in total. The normalized spacial score (nSPS) is 11.7. The molecule has 0 spiro atoms. The monoisotopic (exact) mass is 448 g/mol. The first-order chi connectivity index (χ1) is 14.4. The number of likely N-dealkylation sites (N-methyl/N-ethyl adjacent to an activating group) is 1. The molecule has 0 fully saturated rings. The number of hydrogen-bond donors (Lipinski definition) is 2. The first-order valence-electron chi connectivity index (χ1n) is 9.82. The maximum atomic E-state index is 6.21. The third-order valence-electron chi connectivity index (χ3n) is 4.90. The molecule has 0 aliphatic heterocycles. The Morgan fingerprint density at radius 3 is 2.33 bits per heavy atom. The van der Waals surface area contributed by atoms with Gasteiger partial charge in [0.15, 0.2) is 17.0 Å². The fourth-order valence-electron chi connectivity index (χ4n) is 3.22. The van der Waals surface area contributed by atoms with Gasteiger partial charge in [0.05, 0.1) is 21.9 Å². The molecular weight excluding hydrogens is 423 g/mol. The summed E-state index contributed by atoms with van der Waals surface area (Å²) in [5.41, 5.74) is 14.3. The van der Waals surface area contributed by atoms with Gasteiger partial charge in [0, 0.05) is 26.2 Å². The van der Waals surface area contributed by atoms with Crippen LogP contribution in [0.15, 0.2) is 24.4 Å². The van der Waals surface area contributed by atoms with Gasteiger partial charge in [0.25, 0.3) is 0 Å². The minimum absolute atomic E-state index is 0.0857. The molecule has 0 atom stereocenters. The Balaban J connectivity index is 1.83. The van der Waals surface area contributed by atoms with Gasteiger partial charge in [0.2, 0.25) is 5.95 Å². The number of halogens is 2. The molecule has 2 aromatic heterocycles. The van der Waals surface area contributed by atoms with Gasteiger partial charge in [-0.2, -0.15) is 9.97 Å². The minimum Gasteiger partial charge on any atom is -0.382 e. The smallest absolute Gasteiger partial charge is 0.224 e. The summed E-state index contributed by atoms with van der Waals surface area (Å²) < 4.78 is 0. The van der Waals surface area contributed by atoms with Crippen molar-refractivity contribution in [1.29, 1.82) is 0 Å². The van der Waals surface area contributed by atoms with Crippen molar-refractivity contribution in [1.82, 2.24) is 29.7 Å². The van der Waals surface area contributed by atoms with E-state index in [-0.39, 0.29) is 11.8 Å². The SMILES string of the molecule is CCN(CC)CCN(Cc1ccc(Cl)c(Cl)c1)Cc1cnc2nc(N)nc(N)c2n1. The van der Waals surface area contributed by atoms with Crippen LogP contribution in [0.1, 0.15) is 25.1 Å². The molecule has 4 N–H and O–H groups in total. The van der Waals surface area contributed by atoms with E-state index in [1.54, 1.807) is 6.20 Å². The van der Waals surface area contributed by atoms with E-state index in [9.17, 15) is 0 Å². The largest absolute Gasteiger partial charge is 0.382 e. The Kier molecular flexibility index (Phi) is 7.60. The minimum atomic E-state index is 0.0857. The predicted molar refractivity (Wildman–Crippen MR) is 122 cm³/mol. The number of rotatable bonds is 9. The van der Waals surface area contributed by atoms with Gasteiger partial charge in [-0.05, 0) is 30.8 Å². The highest BCUT2D eigenvalue weighted by Crippen LogP contribution is 2.24. The molecule has 0 saturated heterocycles. The summed E-state index contributed by atoms with van der Waals surface area (Å²) in [6, 6.07) is 5.70. The molecule has 0 unspecified atom stereocenters. The Labute approximate surface area is 186 Å². The van der Waals surface area contributed by atoms with E-state index in [1.165, 1.54) is 0 Å². The van der Waals surface area contributed by atoms with Crippen LogP contribution in [-0.4, -0.2) is 55.9 Å². The van der Waals surface area contributed by atoms with Crippen molar-refractivity contribution in [3.05, 3.63) is 45.7 Å². The zero-order chi connectivity index (χ0) is 21.7. The van der Waals surface area contributed by atoms with Crippen molar-refractivity contribution in [3.63, 3.8) is 0 Å². The third-order valence-corrected chi connectivity index (χ3v) is 5.64. The molecule has 3 aromatic rings. The van der Waals surface area contributed by atoms with E-state index in [1.807, 2.05) is 18.2 Å². The average molecular weight is 449 g/mol. The van der Waals surface area contributed by atoms with Gasteiger partial charge in [-0.3, -0.25) is 4.90 Å². The zero-order valence-electron chi connectivity index (χ0n) is 17.1. The molecule has 30 heavy (non-hydrogen) atoms. The van der Waals surface area contributed by atoms with E-state index in [0.29, 0.717) is 34.3 Å². The van der Waals surface area contributed by atoms with Crippen molar-refractivity contribution < 1.29 is 0 Å². The number of aromatic nitrogens is 4. The molecule has 0 saturated carbocycles. The molecule has 3 rings (SSSR count). The second kappa shape index (κ2) is 10.2. The first-order valence-corrected chi connectivity index (χ1v) is 10.6. The predicted octanol–water partition coefficient (Wildman–Crippen LogP) is 3.23. The Bertz CT molecular complexity index is 1010. The van der Waals surface area contributed by atoms with Crippen LogP contribution in [0.3, 0.4) is 0 Å². The van der Waals surface area contributed by atoms with Gasteiger partial charge >= 0.3 is 0 Å². The number of fused-ring (bicyclic) bond motifs is 1. The van der Waals surface area contributed by atoms with E-state index in [0.717, 1.165) is 37.4 Å². The lowest BCUT2D eigenvalue weighted by molar-refractivity contribution is 0.200. The molecule has 0 aliphatic rings. The number of nitrogens with two attached hydrogens (primary N) is 2. The Morgan fingerprint density at radius 1 is 0.900 bits per heavy atom. The quantitative estimate of drug-likeness (QED) is 0.512. The van der Waals surface area contributed by atoms with Crippen LogP contribution >= 0.6 is 23.2 Å². The topological polar surface area (TPSA) is 110 Å². The second-order valence-electron chi connectivity index (χ2n) is 6.99. The van der Waals surface area contributed by atoms with Crippen molar-refractivity contribution in [2.45, 2.75) is 26.9 Å². The lowest BCUT2D eigenvalue weighted by Crippen LogP contribution is -2.34. The zero-order valence-corrected chi connectivity index (χ0v) is 18.7. The molecule has 0 radical (unpaired) electrons. The summed E-state index contributed by atoms with van der Waals surface area (Å²) in [7, 11) is 0. The third kappa shape index (κ3) is 5.66. The van der Waals surface area contributed by atoms with Crippen LogP contribution in [0.4, 0.5) is 11.8 Å². The van der Waals surface area contributed by atoms with Crippen molar-refractivity contribution in [2.24, 2.45) is 0 Å². The lowest BCUT2D eigenvalue weighted by Gasteiger charge is -2.26. The summed E-state index contributed by atoms with van der Waals surface area (Å²) in [6.45, 7) is 9.42. The number of anilines is 2. The van der Waals surface area contributed by atoms with Gasteiger partial charge in [-0.25, -0.2) is 9.97 Å². The first kappa shape index (κ1) is 22.4. The van der Waals surface area contributed by atoms with E-state index >= 15 is 0 Å². The van der Waals surface area contributed by atoms with Crippen molar-refractivity contribution in [2.75, 3.05) is 37.6 Å². The highest BCUT2D eigenvalue weighted by Gasteiger charge is 2.14. The number of benzene rings is 1. The Morgan fingerprint density at radius 2 is 1.63 bits per heavy atom. The summed E-state index contributed by atoms with van der Waals surface area (Å²) >= 11 is 12.3. The molecule has 10 heteroatoms. The maximum Gasteiger partial charge on any atom is 0.224 e. The molecule has 0 aliphatic carbocycles. The summed E-state index contributed by atoms with van der Waals surface area (Å²) in [6.07, 6.45) is 1.70. The number of nitrogens with zero attached hydrogens (tertiary/aromatic N) is 6. The summed E-state index contributed by atoms with van der Waals surface area (Å²) in [5, 5.41) is 1.09. The molecule has 160 valence electrons. The van der Waals surface area contributed by atoms with Crippen LogP contribution in [0.25, 0.3) is 11.2 Å². The van der Waals surface area contributed by atoms with Gasteiger partial charge < -0.3 is 16.4 Å². The number of hydrogen-bond acceptors (Lipinski definition) is 8. The van der Waals surface area contributed by atoms with Crippen LogP contribution in [0.2, 0.25) is 10.0 Å². The van der Waals surface area contributed by atoms with E-state index < -0.39 is 0 Å². The molecule has 0 amide bonds. The molecular formula is C20H26Cl2N8. The highest BCUT2D eigenvalue weighted by molar-refractivity contribution is 6.42. The van der Waals surface area contributed by atoms with Crippen LogP contribution in [0.5, 0.6) is 0 Å². The fourth-order valence-corrected chi connectivity index (χ4v) is 3.54. The molecule has 2 heterocycles. The van der Waals surface area contributed by atoms with E-state index in [4.69, 9.17) is 34.7 Å². The van der Waals surface area contributed by atoms with Crippen LogP contribution in [-0.2, 0) is 13.1 Å². The molecule has 0 bridgehead atoms. The van der Waals surface area contributed by atoms with Crippen molar-refractivity contribution in [3.8, 4) is 0 Å². The fraction of sp³-hybridized carbons (Fsp3) is 0.400. The lowest BCUT2D eigenvalue weighted by atomic mass is 10.2. The van der Waals surface area contributed by atoms with Crippen LogP contribution < -0.4 is 11.5 Å². The van der Waals surface area contributed by atoms with Gasteiger partial charge in [0.1, 0.15) is 0 Å². The second-order valence-corrected chi connectivity index (χ2v) is 7.80. The highest BCUT2D eigenvalue weighted by atomic mass is 35.5. The standard InChI is InChI=1S/C20H26Cl2N8/c1-3-29(4-2)7-8-30(11-13-5-6-15(21)16(22)9-13)12-14-10-25-19-17(26-14)18(23)27-20(24)28-19/h5-6,9-10H,3-4,7-8,11-12H2,1-2H3,(H4,23,24,25,27,28). The molecule has 1 aromatic carbocycles. The summed E-state index contributed by atoms with van der Waals surface area (Å²) in [4.78, 5) is 21.7. The van der Waals surface area contributed by atoms with Gasteiger partial charge in [-0.1, -0.05) is 43.1 Å². The summed E-state index contributed by atoms with van der Waals surface area (Å²) in [5.74, 6) is 0.313.